The second-order valence-corrected chi connectivity index (χ2v) is 9.14. The first kappa shape index (κ1) is 23.3. The zero-order valence-electron chi connectivity index (χ0n) is 18.0. The van der Waals surface area contributed by atoms with Crippen molar-refractivity contribution in [2.24, 2.45) is 5.92 Å². The fraction of sp³-hybridized carbons (Fsp3) is 0.591. The minimum atomic E-state index is -6.64. The van der Waals surface area contributed by atoms with E-state index in [0.717, 1.165) is 11.1 Å². The molecule has 1 aromatic carbocycles. The number of benzene rings is 1. The van der Waals surface area contributed by atoms with Gasteiger partial charge in [0.2, 0.25) is 0 Å². The number of hydrogen-bond donors (Lipinski definition) is 0. The van der Waals surface area contributed by atoms with Crippen LogP contribution in [0.15, 0.2) is 24.3 Å². The summed E-state index contributed by atoms with van der Waals surface area (Å²) in [6.07, 6.45) is -5.31. The lowest BCUT2D eigenvalue weighted by atomic mass is 9.53. The minimum absolute atomic E-state index is 0.00981. The van der Waals surface area contributed by atoms with Crippen molar-refractivity contribution in [2.45, 2.75) is 54.5 Å². The maximum atomic E-state index is 14.0. The Balaban J connectivity index is 1.55. The van der Waals surface area contributed by atoms with Crippen LogP contribution in [0.1, 0.15) is 17.5 Å². The van der Waals surface area contributed by atoms with Crippen molar-refractivity contribution >= 4 is 5.97 Å². The fourth-order valence-electron chi connectivity index (χ4n) is 5.98. The van der Waals surface area contributed by atoms with Crippen molar-refractivity contribution in [1.29, 1.82) is 0 Å². The molecule has 2 aliphatic carbocycles. The number of methoxy groups -OCH3 is 1. The Morgan fingerprint density at radius 2 is 1.85 bits per heavy atom. The van der Waals surface area contributed by atoms with Crippen LogP contribution in [0.4, 0.5) is 30.7 Å². The first-order chi connectivity index (χ1) is 15.8. The molecule has 2 aliphatic heterocycles. The van der Waals surface area contributed by atoms with Crippen LogP contribution in [0.2, 0.25) is 0 Å². The Kier molecular flexibility index (Phi) is 4.80. The summed E-state index contributed by atoms with van der Waals surface area (Å²) in [7, 11) is 3.35. The second-order valence-electron chi connectivity index (χ2n) is 9.14. The summed E-state index contributed by atoms with van der Waals surface area (Å²) in [5.74, 6) is -15.2. The molecular weight excluding hydrogens is 475 g/mol. The van der Waals surface area contributed by atoms with Gasteiger partial charge in [0.05, 0.1) is 7.11 Å². The highest BCUT2D eigenvalue weighted by Gasteiger charge is 2.77. The minimum Gasteiger partial charge on any atom is -0.493 e. The van der Waals surface area contributed by atoms with E-state index in [2.05, 4.69) is 9.64 Å². The maximum Gasteiger partial charge on any atom is 0.460 e. The van der Waals surface area contributed by atoms with Gasteiger partial charge in [-0.1, -0.05) is 12.1 Å². The number of rotatable bonds is 4. The molecule has 1 spiro atoms. The molecule has 1 fully saturated rings. The highest BCUT2D eigenvalue weighted by atomic mass is 19.4. The number of alkyl halides is 7. The number of nitrogens with zero attached hydrogens (tertiary/aromatic N) is 1. The summed E-state index contributed by atoms with van der Waals surface area (Å²) in [5, 5.41) is 0. The number of ether oxygens (including phenoxy) is 3. The Hall–Kier alpha value is -2.50. The van der Waals surface area contributed by atoms with Crippen molar-refractivity contribution in [2.75, 3.05) is 20.7 Å². The summed E-state index contributed by atoms with van der Waals surface area (Å²) in [4.78, 5) is 14.2. The van der Waals surface area contributed by atoms with Crippen LogP contribution < -0.4 is 9.47 Å². The second kappa shape index (κ2) is 7.02. The smallest absolute Gasteiger partial charge is 0.460 e. The van der Waals surface area contributed by atoms with Crippen LogP contribution in [0, 0.1) is 5.92 Å². The van der Waals surface area contributed by atoms with Crippen LogP contribution in [0.5, 0.6) is 11.5 Å². The van der Waals surface area contributed by atoms with Crippen LogP contribution in [0.25, 0.3) is 0 Å². The van der Waals surface area contributed by atoms with Gasteiger partial charge in [-0.3, -0.25) is 0 Å². The fourth-order valence-corrected chi connectivity index (χ4v) is 5.98. The van der Waals surface area contributed by atoms with Crippen molar-refractivity contribution in [3.05, 3.63) is 35.4 Å². The third kappa shape index (κ3) is 2.74. The van der Waals surface area contributed by atoms with Gasteiger partial charge in [-0.15, -0.1) is 0 Å². The third-order valence-corrected chi connectivity index (χ3v) is 7.58. The third-order valence-electron chi connectivity index (χ3n) is 7.58. The maximum absolute atomic E-state index is 14.0. The van der Waals surface area contributed by atoms with E-state index < -0.39 is 41.6 Å². The van der Waals surface area contributed by atoms with Crippen molar-refractivity contribution < 1.29 is 49.7 Å². The molecule has 0 unspecified atom stereocenters. The molecule has 1 saturated heterocycles. The normalized spacial score (nSPS) is 32.1. The van der Waals surface area contributed by atoms with E-state index in [1.165, 1.54) is 13.2 Å². The zero-order chi connectivity index (χ0) is 24.8. The molecule has 0 N–H and O–H groups in total. The average Bonchev–Trinajstić information content (AvgIpc) is 3.11. The van der Waals surface area contributed by atoms with E-state index in [-0.39, 0.29) is 12.0 Å². The summed E-state index contributed by atoms with van der Waals surface area (Å²) in [5.41, 5.74) is 0.875. The molecule has 186 valence electrons. The molecule has 12 heteroatoms. The number of carbonyl (C=O) groups is 1. The predicted octanol–water partition coefficient (Wildman–Crippen LogP) is 3.88. The number of carbonyl (C=O) groups excluding carboxylic acids is 1. The Morgan fingerprint density at radius 1 is 1.15 bits per heavy atom. The van der Waals surface area contributed by atoms with Crippen LogP contribution in [-0.4, -0.2) is 67.8 Å². The Bertz CT molecular complexity index is 1070. The number of hydrogen-bond acceptors (Lipinski definition) is 5. The lowest BCUT2D eigenvalue weighted by Crippen LogP contribution is -2.65. The molecule has 1 aromatic rings. The van der Waals surface area contributed by atoms with E-state index in [9.17, 15) is 35.5 Å². The molecule has 0 aromatic heterocycles. The first-order valence-corrected chi connectivity index (χ1v) is 10.6. The average molecular weight is 495 g/mol. The molecule has 5 atom stereocenters. The molecule has 5 rings (SSSR count). The van der Waals surface area contributed by atoms with E-state index in [1.54, 1.807) is 12.1 Å². The lowest BCUT2D eigenvalue weighted by molar-refractivity contribution is -0.349. The van der Waals surface area contributed by atoms with Gasteiger partial charge < -0.3 is 19.1 Å². The molecule has 0 amide bonds. The van der Waals surface area contributed by atoms with Crippen molar-refractivity contribution in [3.63, 3.8) is 0 Å². The van der Waals surface area contributed by atoms with E-state index >= 15 is 0 Å². The van der Waals surface area contributed by atoms with Gasteiger partial charge in [0.25, 0.3) is 0 Å². The van der Waals surface area contributed by atoms with E-state index in [4.69, 9.17) is 9.47 Å². The standard InChI is InChI=1S/C22H20F7NO4/c1-30-8-7-19-11-4-6-14(33-18(31)20(23,24)21(25,26)22(27,28)29)17(19)34-16-13(32-2)5-3-10(15(16)19)9-12(11)30/h3-6,11-12,14,17H,7-9H2,1-2H3/t11-,12+,14-,17-,19-/m0/s1. The summed E-state index contributed by atoms with van der Waals surface area (Å²) < 4.78 is 109. The largest absolute Gasteiger partial charge is 0.493 e. The molecule has 34 heavy (non-hydrogen) atoms. The topological polar surface area (TPSA) is 48.0 Å². The quantitative estimate of drug-likeness (QED) is 0.361. The van der Waals surface area contributed by atoms with Gasteiger partial charge >= 0.3 is 24.0 Å². The molecule has 0 radical (unpaired) electrons. The highest BCUT2D eigenvalue weighted by Crippen LogP contribution is 2.63. The molecular formula is C22H20F7NO4. The highest BCUT2D eigenvalue weighted by molar-refractivity contribution is 5.79. The zero-order valence-corrected chi connectivity index (χ0v) is 18.0. The van der Waals surface area contributed by atoms with Gasteiger partial charge in [-0.25, -0.2) is 4.79 Å². The lowest BCUT2D eigenvalue weighted by Gasteiger charge is -2.56. The SMILES string of the molecule is COc1ccc2c3c1O[C@H]1[C@@H](OC(=O)C(F)(F)C(F)(F)C(F)(F)F)C=C[C@H]4[C@@H](C2)N(C)CC[C@@]341. The molecule has 4 aliphatic rings. The number of esters is 1. The Morgan fingerprint density at radius 3 is 2.50 bits per heavy atom. The molecule has 5 nitrogen and oxygen atoms in total. The number of likely N-dealkylation sites (tertiary alicyclic amines) is 1. The van der Waals surface area contributed by atoms with Crippen molar-refractivity contribution in [1.82, 2.24) is 4.90 Å². The molecule has 2 bridgehead atoms. The van der Waals surface area contributed by atoms with Crippen molar-refractivity contribution in [3.8, 4) is 11.5 Å². The summed E-state index contributed by atoms with van der Waals surface area (Å²) in [6, 6.07) is 3.56. The van der Waals surface area contributed by atoms with E-state index in [0.29, 0.717) is 30.9 Å². The monoisotopic (exact) mass is 495 g/mol. The van der Waals surface area contributed by atoms with Gasteiger partial charge in [-0.05, 0) is 44.1 Å². The first-order valence-electron chi connectivity index (χ1n) is 10.6. The number of likely N-dealkylation sites (N-methyl/N-ethyl adjacent to an activating group) is 1. The Labute approximate surface area is 189 Å². The molecule has 0 saturated carbocycles. The number of halogens is 7. The van der Waals surface area contributed by atoms with Gasteiger partial charge in [0.15, 0.2) is 17.6 Å². The summed E-state index contributed by atoms with van der Waals surface area (Å²) in [6.45, 7) is 0.591. The summed E-state index contributed by atoms with van der Waals surface area (Å²) >= 11 is 0. The van der Waals surface area contributed by atoms with Gasteiger partial charge in [0.1, 0.15) is 6.10 Å². The molecule has 2 heterocycles. The van der Waals surface area contributed by atoms with Crippen LogP contribution in [0.3, 0.4) is 0 Å². The van der Waals surface area contributed by atoms with E-state index in [1.807, 2.05) is 13.1 Å². The van der Waals surface area contributed by atoms with Crippen LogP contribution >= 0.6 is 0 Å². The van der Waals surface area contributed by atoms with Gasteiger partial charge in [-0.2, -0.15) is 30.7 Å². The van der Waals surface area contributed by atoms with Gasteiger partial charge in [0, 0.05) is 22.9 Å². The number of piperidine rings is 1. The predicted molar refractivity (Wildman–Crippen MR) is 102 cm³/mol. The van der Waals surface area contributed by atoms with Crippen LogP contribution in [-0.2, 0) is 21.4 Å².